The molecule has 3 aromatic rings. The summed E-state index contributed by atoms with van der Waals surface area (Å²) in [4.78, 5) is 4.37. The van der Waals surface area contributed by atoms with Crippen LogP contribution in [0.2, 0.25) is 0 Å². The molecule has 0 unspecified atom stereocenters. The Morgan fingerprint density at radius 3 is 2.79 bits per heavy atom. The van der Waals surface area contributed by atoms with Crippen LogP contribution in [0.3, 0.4) is 0 Å². The third-order valence-electron chi connectivity index (χ3n) is 3.59. The highest BCUT2D eigenvalue weighted by Crippen LogP contribution is 2.20. The van der Waals surface area contributed by atoms with Crippen LogP contribution in [0.25, 0.3) is 11.4 Å². The second-order valence-corrected chi connectivity index (χ2v) is 5.67. The van der Waals surface area contributed by atoms with Gasteiger partial charge in [-0.2, -0.15) is 5.10 Å². The average molecular weight is 322 g/mol. The zero-order chi connectivity index (χ0) is 16.8. The maximum atomic E-state index is 5.68. The van der Waals surface area contributed by atoms with Crippen LogP contribution >= 0.6 is 0 Å². The second-order valence-electron chi connectivity index (χ2n) is 5.67. The molecule has 2 aromatic carbocycles. The molecule has 3 rings (SSSR count). The van der Waals surface area contributed by atoms with E-state index in [1.54, 1.807) is 0 Å². The molecule has 124 valence electrons. The summed E-state index contributed by atoms with van der Waals surface area (Å²) in [6, 6.07) is 16.3. The van der Waals surface area contributed by atoms with Gasteiger partial charge in [-0.25, -0.2) is 4.98 Å². The Labute approximate surface area is 142 Å². The van der Waals surface area contributed by atoms with E-state index >= 15 is 0 Å². The van der Waals surface area contributed by atoms with Crippen LogP contribution in [0.15, 0.2) is 48.5 Å². The summed E-state index contributed by atoms with van der Waals surface area (Å²) in [5.74, 6) is 2.44. The minimum Gasteiger partial charge on any atom is -0.494 e. The highest BCUT2D eigenvalue weighted by molar-refractivity contribution is 5.62. The highest BCUT2D eigenvalue weighted by atomic mass is 16.5. The number of H-pyrrole nitrogens is 1. The molecule has 2 N–H and O–H groups in total. The quantitative estimate of drug-likeness (QED) is 0.685. The Kier molecular flexibility index (Phi) is 5.11. The minimum absolute atomic E-state index is 0.714. The fourth-order valence-corrected chi connectivity index (χ4v) is 2.41. The summed E-state index contributed by atoms with van der Waals surface area (Å²) < 4.78 is 5.68. The van der Waals surface area contributed by atoms with Crippen molar-refractivity contribution in [2.24, 2.45) is 0 Å². The number of aromatic nitrogens is 3. The fraction of sp³-hybridized carbons (Fsp3) is 0.263. The number of hydrogen-bond donors (Lipinski definition) is 2. The van der Waals surface area contributed by atoms with Crippen molar-refractivity contribution in [1.29, 1.82) is 0 Å². The van der Waals surface area contributed by atoms with Gasteiger partial charge in [0.15, 0.2) is 5.82 Å². The number of anilines is 1. The van der Waals surface area contributed by atoms with Crippen molar-refractivity contribution in [3.05, 3.63) is 59.9 Å². The smallest absolute Gasteiger partial charge is 0.181 e. The minimum atomic E-state index is 0.714. The van der Waals surface area contributed by atoms with Gasteiger partial charge < -0.3 is 10.1 Å². The van der Waals surface area contributed by atoms with Crippen LogP contribution in [0.4, 0.5) is 5.69 Å². The van der Waals surface area contributed by atoms with E-state index in [0.717, 1.165) is 42.4 Å². The monoisotopic (exact) mass is 322 g/mol. The van der Waals surface area contributed by atoms with Gasteiger partial charge in [-0.05, 0) is 43.2 Å². The lowest BCUT2D eigenvalue weighted by molar-refractivity contribution is 0.317. The third kappa shape index (κ3) is 4.13. The maximum Gasteiger partial charge on any atom is 0.181 e. The van der Waals surface area contributed by atoms with E-state index in [4.69, 9.17) is 4.74 Å². The molecular weight excluding hydrogens is 300 g/mol. The lowest BCUT2D eigenvalue weighted by Crippen LogP contribution is -2.01. The number of benzene rings is 2. The van der Waals surface area contributed by atoms with Gasteiger partial charge in [0, 0.05) is 17.8 Å². The summed E-state index contributed by atoms with van der Waals surface area (Å²) in [5.41, 5.74) is 3.21. The van der Waals surface area contributed by atoms with Gasteiger partial charge in [0.05, 0.1) is 6.61 Å². The second kappa shape index (κ2) is 7.64. The molecule has 0 saturated carbocycles. The van der Waals surface area contributed by atoms with Crippen LogP contribution < -0.4 is 10.1 Å². The molecule has 24 heavy (non-hydrogen) atoms. The van der Waals surface area contributed by atoms with Crippen molar-refractivity contribution < 1.29 is 4.74 Å². The molecule has 5 nitrogen and oxygen atoms in total. The normalized spacial score (nSPS) is 10.6. The number of nitrogens with one attached hydrogen (secondary N) is 2. The van der Waals surface area contributed by atoms with Crippen LogP contribution in [0, 0.1) is 6.92 Å². The molecule has 0 aliphatic heterocycles. The standard InChI is InChI=1S/C19H22N4O/c1-3-10-24-18-9-4-6-15(11-18)13-20-17-8-5-7-16(12-17)19-21-14(2)22-23-19/h4-9,11-12,20H,3,10,13H2,1-2H3,(H,21,22,23). The van der Waals surface area contributed by atoms with E-state index < -0.39 is 0 Å². The summed E-state index contributed by atoms with van der Waals surface area (Å²) in [7, 11) is 0. The first kappa shape index (κ1) is 16.1. The van der Waals surface area contributed by atoms with Crippen LogP contribution in [-0.4, -0.2) is 21.8 Å². The highest BCUT2D eigenvalue weighted by Gasteiger charge is 2.04. The zero-order valence-corrected chi connectivity index (χ0v) is 14.0. The predicted molar refractivity (Wildman–Crippen MR) is 96.1 cm³/mol. The molecule has 0 amide bonds. The molecule has 1 aromatic heterocycles. The largest absolute Gasteiger partial charge is 0.494 e. The van der Waals surface area contributed by atoms with E-state index in [1.165, 1.54) is 5.56 Å². The number of ether oxygens (including phenoxy) is 1. The first-order valence-corrected chi connectivity index (χ1v) is 8.19. The Morgan fingerprint density at radius 2 is 2.00 bits per heavy atom. The van der Waals surface area contributed by atoms with Crippen molar-refractivity contribution in [3.8, 4) is 17.1 Å². The van der Waals surface area contributed by atoms with Crippen molar-refractivity contribution >= 4 is 5.69 Å². The fourth-order valence-electron chi connectivity index (χ4n) is 2.41. The predicted octanol–water partition coefficient (Wildman–Crippen LogP) is 4.18. The Balaban J connectivity index is 1.66. The number of nitrogens with zero attached hydrogens (tertiary/aromatic N) is 2. The van der Waals surface area contributed by atoms with Crippen molar-refractivity contribution in [1.82, 2.24) is 15.2 Å². The lowest BCUT2D eigenvalue weighted by Gasteiger charge is -2.10. The van der Waals surface area contributed by atoms with Gasteiger partial charge in [-0.15, -0.1) is 0 Å². The molecule has 1 heterocycles. The average Bonchev–Trinajstić information content (AvgIpc) is 3.05. The van der Waals surface area contributed by atoms with E-state index in [2.05, 4.69) is 45.6 Å². The van der Waals surface area contributed by atoms with E-state index in [-0.39, 0.29) is 0 Å². The Bertz CT molecular complexity index is 797. The van der Waals surface area contributed by atoms with Gasteiger partial charge >= 0.3 is 0 Å². The number of hydrogen-bond acceptors (Lipinski definition) is 4. The molecule has 0 radical (unpaired) electrons. The number of aryl methyl sites for hydroxylation is 1. The van der Waals surface area contributed by atoms with Gasteiger partial charge in [-0.3, -0.25) is 5.10 Å². The van der Waals surface area contributed by atoms with Gasteiger partial charge in [0.25, 0.3) is 0 Å². The molecule has 0 bridgehead atoms. The first-order valence-electron chi connectivity index (χ1n) is 8.19. The van der Waals surface area contributed by atoms with E-state index in [1.807, 2.05) is 37.3 Å². The third-order valence-corrected chi connectivity index (χ3v) is 3.59. The van der Waals surface area contributed by atoms with Gasteiger partial charge in [0.2, 0.25) is 0 Å². The summed E-state index contributed by atoms with van der Waals surface area (Å²) >= 11 is 0. The van der Waals surface area contributed by atoms with Crippen LogP contribution in [0.1, 0.15) is 24.7 Å². The number of rotatable bonds is 7. The lowest BCUT2D eigenvalue weighted by atomic mass is 10.1. The molecular formula is C19H22N4O. The van der Waals surface area contributed by atoms with Crippen LogP contribution in [-0.2, 0) is 6.54 Å². The van der Waals surface area contributed by atoms with Crippen molar-refractivity contribution in [2.45, 2.75) is 26.8 Å². The molecule has 0 aliphatic rings. The Hall–Kier alpha value is -2.82. The van der Waals surface area contributed by atoms with E-state index in [9.17, 15) is 0 Å². The first-order chi connectivity index (χ1) is 11.7. The molecule has 0 spiro atoms. The molecule has 0 atom stereocenters. The van der Waals surface area contributed by atoms with Gasteiger partial charge in [0.1, 0.15) is 11.6 Å². The summed E-state index contributed by atoms with van der Waals surface area (Å²) in [6.07, 6.45) is 1.01. The molecule has 0 saturated heterocycles. The topological polar surface area (TPSA) is 62.8 Å². The SMILES string of the molecule is CCCOc1cccc(CNc2cccc(-c3n[nH]c(C)n3)c2)c1. The molecule has 5 heteroatoms. The van der Waals surface area contributed by atoms with Crippen molar-refractivity contribution in [3.63, 3.8) is 0 Å². The van der Waals surface area contributed by atoms with Gasteiger partial charge in [-0.1, -0.05) is 31.2 Å². The Morgan fingerprint density at radius 1 is 1.12 bits per heavy atom. The van der Waals surface area contributed by atoms with Crippen molar-refractivity contribution in [2.75, 3.05) is 11.9 Å². The molecule has 0 fully saturated rings. The summed E-state index contributed by atoms with van der Waals surface area (Å²) in [6.45, 7) is 5.48. The number of aromatic amines is 1. The zero-order valence-electron chi connectivity index (χ0n) is 14.0. The summed E-state index contributed by atoms with van der Waals surface area (Å²) in [5, 5.41) is 10.5. The van der Waals surface area contributed by atoms with E-state index in [0.29, 0.717) is 5.82 Å². The maximum absolute atomic E-state index is 5.68. The van der Waals surface area contributed by atoms with Crippen LogP contribution in [0.5, 0.6) is 5.75 Å². The molecule has 0 aliphatic carbocycles.